The molecule has 0 aliphatic carbocycles. The second kappa shape index (κ2) is 4.64. The number of rotatable bonds is 3. The van der Waals surface area contributed by atoms with Crippen LogP contribution < -0.4 is 10.0 Å². The van der Waals surface area contributed by atoms with Crippen molar-refractivity contribution in [1.29, 1.82) is 0 Å². The average molecular weight is 291 g/mol. The SMILES string of the molecule is Cn1cc(S(=O)(=O)N2CCc3ccccc32)cc1CN. The zero-order valence-electron chi connectivity index (χ0n) is 11.3. The van der Waals surface area contributed by atoms with Gasteiger partial charge in [0.15, 0.2) is 0 Å². The Bertz CT molecular complexity index is 750. The highest BCUT2D eigenvalue weighted by molar-refractivity contribution is 7.92. The van der Waals surface area contributed by atoms with E-state index >= 15 is 0 Å². The van der Waals surface area contributed by atoms with Crippen LogP contribution in [0.5, 0.6) is 0 Å². The number of hydrogen-bond donors (Lipinski definition) is 1. The Kier molecular flexibility index (Phi) is 3.07. The quantitative estimate of drug-likeness (QED) is 0.925. The maximum atomic E-state index is 12.8. The second-order valence-corrected chi connectivity index (χ2v) is 6.80. The van der Waals surface area contributed by atoms with E-state index in [4.69, 9.17) is 5.73 Å². The molecule has 106 valence electrons. The van der Waals surface area contributed by atoms with Crippen LogP contribution in [0.2, 0.25) is 0 Å². The largest absolute Gasteiger partial charge is 0.352 e. The summed E-state index contributed by atoms with van der Waals surface area (Å²) in [5, 5.41) is 0. The number of anilines is 1. The van der Waals surface area contributed by atoms with Gasteiger partial charge < -0.3 is 10.3 Å². The van der Waals surface area contributed by atoms with Crippen molar-refractivity contribution in [3.05, 3.63) is 47.8 Å². The number of sulfonamides is 1. The summed E-state index contributed by atoms with van der Waals surface area (Å²) in [6, 6.07) is 9.27. The molecule has 0 unspecified atom stereocenters. The van der Waals surface area contributed by atoms with Crippen LogP contribution in [-0.2, 0) is 30.0 Å². The molecule has 0 saturated heterocycles. The van der Waals surface area contributed by atoms with Gasteiger partial charge in [0.05, 0.1) is 5.69 Å². The topological polar surface area (TPSA) is 68.3 Å². The van der Waals surface area contributed by atoms with Gasteiger partial charge in [0.1, 0.15) is 4.90 Å². The van der Waals surface area contributed by atoms with Crippen LogP contribution in [0.3, 0.4) is 0 Å². The molecule has 6 heteroatoms. The Morgan fingerprint density at radius 3 is 2.75 bits per heavy atom. The van der Waals surface area contributed by atoms with E-state index in [0.29, 0.717) is 18.0 Å². The van der Waals surface area contributed by atoms with E-state index < -0.39 is 10.0 Å². The summed E-state index contributed by atoms with van der Waals surface area (Å²) in [6.45, 7) is 0.817. The number of fused-ring (bicyclic) bond motifs is 1. The zero-order chi connectivity index (χ0) is 14.3. The number of nitrogens with zero attached hydrogens (tertiary/aromatic N) is 2. The summed E-state index contributed by atoms with van der Waals surface area (Å²) in [6.07, 6.45) is 2.38. The van der Waals surface area contributed by atoms with Crippen molar-refractivity contribution in [3.63, 3.8) is 0 Å². The molecule has 0 bridgehead atoms. The third-order valence-electron chi connectivity index (χ3n) is 3.72. The van der Waals surface area contributed by atoms with Gasteiger partial charge in [-0.2, -0.15) is 0 Å². The van der Waals surface area contributed by atoms with Crippen molar-refractivity contribution in [2.75, 3.05) is 10.8 Å². The first-order chi connectivity index (χ1) is 9.54. The predicted octanol–water partition coefficient (Wildman–Crippen LogP) is 1.24. The molecule has 3 rings (SSSR count). The van der Waals surface area contributed by atoms with Crippen molar-refractivity contribution in [2.45, 2.75) is 17.9 Å². The highest BCUT2D eigenvalue weighted by Gasteiger charge is 2.31. The van der Waals surface area contributed by atoms with E-state index in [-0.39, 0.29) is 0 Å². The lowest BCUT2D eigenvalue weighted by atomic mass is 10.2. The lowest BCUT2D eigenvalue weighted by Crippen LogP contribution is -2.28. The minimum atomic E-state index is -3.51. The van der Waals surface area contributed by atoms with E-state index in [2.05, 4.69) is 0 Å². The Hall–Kier alpha value is -1.79. The number of para-hydroxylation sites is 1. The third kappa shape index (κ3) is 1.92. The maximum absolute atomic E-state index is 12.8. The summed E-state index contributed by atoms with van der Waals surface area (Å²) in [7, 11) is -1.70. The predicted molar refractivity (Wildman–Crippen MR) is 78.0 cm³/mol. The van der Waals surface area contributed by atoms with E-state index in [1.807, 2.05) is 24.3 Å². The Morgan fingerprint density at radius 1 is 1.30 bits per heavy atom. The van der Waals surface area contributed by atoms with Crippen molar-refractivity contribution in [1.82, 2.24) is 4.57 Å². The summed E-state index contributed by atoms with van der Waals surface area (Å²) >= 11 is 0. The highest BCUT2D eigenvalue weighted by Crippen LogP contribution is 2.32. The molecule has 20 heavy (non-hydrogen) atoms. The van der Waals surface area contributed by atoms with Gasteiger partial charge in [0.25, 0.3) is 10.0 Å². The van der Waals surface area contributed by atoms with Gasteiger partial charge in [-0.1, -0.05) is 18.2 Å². The van der Waals surface area contributed by atoms with Crippen LogP contribution >= 0.6 is 0 Å². The fourth-order valence-electron chi connectivity index (χ4n) is 2.61. The smallest absolute Gasteiger partial charge is 0.265 e. The molecule has 0 fully saturated rings. The molecule has 0 radical (unpaired) electrons. The maximum Gasteiger partial charge on any atom is 0.265 e. The molecule has 1 aromatic heterocycles. The van der Waals surface area contributed by atoms with E-state index in [9.17, 15) is 8.42 Å². The van der Waals surface area contributed by atoms with Crippen LogP contribution in [0.15, 0.2) is 41.4 Å². The first-order valence-corrected chi connectivity index (χ1v) is 7.94. The lowest BCUT2D eigenvalue weighted by Gasteiger charge is -2.18. The van der Waals surface area contributed by atoms with Gasteiger partial charge in [-0.3, -0.25) is 4.31 Å². The first-order valence-electron chi connectivity index (χ1n) is 6.50. The molecule has 5 nitrogen and oxygen atoms in total. The molecular weight excluding hydrogens is 274 g/mol. The fraction of sp³-hybridized carbons (Fsp3) is 0.286. The first kappa shape index (κ1) is 13.2. The third-order valence-corrected chi connectivity index (χ3v) is 5.50. The van der Waals surface area contributed by atoms with Crippen LogP contribution in [0.4, 0.5) is 5.69 Å². The number of benzene rings is 1. The monoisotopic (exact) mass is 291 g/mol. The van der Waals surface area contributed by atoms with E-state index in [0.717, 1.165) is 23.4 Å². The summed E-state index contributed by atoms with van der Waals surface area (Å²) < 4.78 is 28.7. The number of nitrogens with two attached hydrogens (primary N) is 1. The van der Waals surface area contributed by atoms with Gasteiger partial charge in [0.2, 0.25) is 0 Å². The molecule has 0 amide bonds. The van der Waals surface area contributed by atoms with Crippen molar-refractivity contribution in [2.24, 2.45) is 12.8 Å². The summed E-state index contributed by atoms with van der Waals surface area (Å²) in [4.78, 5) is 0.303. The fourth-order valence-corrected chi connectivity index (χ4v) is 4.21. The van der Waals surface area contributed by atoms with Gasteiger partial charge in [0, 0.05) is 32.0 Å². The van der Waals surface area contributed by atoms with Crippen molar-refractivity contribution >= 4 is 15.7 Å². The normalized spacial score (nSPS) is 14.6. The molecule has 1 aromatic carbocycles. The molecule has 2 heterocycles. The van der Waals surface area contributed by atoms with Crippen LogP contribution in [0.25, 0.3) is 0 Å². The molecule has 1 aliphatic heterocycles. The second-order valence-electron chi connectivity index (χ2n) is 4.94. The van der Waals surface area contributed by atoms with Gasteiger partial charge in [-0.25, -0.2) is 8.42 Å². The standard InChI is InChI=1S/C14H17N3O2S/c1-16-10-13(8-12(16)9-15)20(18,19)17-7-6-11-4-2-3-5-14(11)17/h2-5,8,10H,6-7,9,15H2,1H3. The number of aryl methyl sites for hydroxylation is 1. The molecule has 0 spiro atoms. The van der Waals surface area contributed by atoms with Gasteiger partial charge in [-0.15, -0.1) is 0 Å². The van der Waals surface area contributed by atoms with E-state index in [1.165, 1.54) is 4.31 Å². The molecule has 0 atom stereocenters. The van der Waals surface area contributed by atoms with Crippen LogP contribution in [0, 0.1) is 0 Å². The summed E-state index contributed by atoms with van der Waals surface area (Å²) in [5.74, 6) is 0. The number of hydrogen-bond acceptors (Lipinski definition) is 3. The highest BCUT2D eigenvalue weighted by atomic mass is 32.2. The van der Waals surface area contributed by atoms with Gasteiger partial charge >= 0.3 is 0 Å². The van der Waals surface area contributed by atoms with Crippen LogP contribution in [0.1, 0.15) is 11.3 Å². The number of aromatic nitrogens is 1. The molecule has 2 aromatic rings. The molecule has 0 saturated carbocycles. The zero-order valence-corrected chi connectivity index (χ0v) is 12.1. The van der Waals surface area contributed by atoms with Crippen molar-refractivity contribution in [3.8, 4) is 0 Å². The van der Waals surface area contributed by atoms with Gasteiger partial charge in [-0.05, 0) is 24.1 Å². The van der Waals surface area contributed by atoms with Crippen molar-refractivity contribution < 1.29 is 8.42 Å². The minimum absolute atomic E-state index is 0.303. The van der Waals surface area contributed by atoms with Crippen LogP contribution in [-0.4, -0.2) is 19.5 Å². The Labute approximate surface area is 118 Å². The molecular formula is C14H17N3O2S. The Morgan fingerprint density at radius 2 is 2.05 bits per heavy atom. The molecule has 2 N–H and O–H groups in total. The van der Waals surface area contributed by atoms with E-state index in [1.54, 1.807) is 23.9 Å². The molecule has 1 aliphatic rings. The minimum Gasteiger partial charge on any atom is -0.352 e. The Balaban J connectivity index is 2.05. The average Bonchev–Trinajstić information content (AvgIpc) is 3.02. The lowest BCUT2D eigenvalue weighted by molar-refractivity contribution is 0.592. The summed E-state index contributed by atoms with van der Waals surface area (Å²) in [5.41, 5.74) is 8.27.